The predicted octanol–water partition coefficient (Wildman–Crippen LogP) is 1.88. The minimum absolute atomic E-state index is 0.107. The lowest BCUT2D eigenvalue weighted by molar-refractivity contribution is -0.137. The Labute approximate surface area is 93.9 Å². The van der Waals surface area contributed by atoms with E-state index in [1.165, 1.54) is 7.11 Å². The molecule has 0 unspecified atom stereocenters. The van der Waals surface area contributed by atoms with Crippen molar-refractivity contribution in [2.75, 3.05) is 7.11 Å². The normalized spacial score (nSPS) is 9.81. The Hall–Kier alpha value is -1.84. The Morgan fingerprint density at radius 2 is 2.00 bits per heavy atom. The van der Waals surface area contributed by atoms with E-state index in [0.717, 1.165) is 5.56 Å². The highest BCUT2D eigenvalue weighted by Gasteiger charge is 2.10. The number of benzene rings is 1. The molecule has 0 aliphatic rings. The SMILES string of the molecule is COC(=O)c1ccccc1CCCC(=O)O. The lowest BCUT2D eigenvalue weighted by Crippen LogP contribution is -2.06. The van der Waals surface area contributed by atoms with Gasteiger partial charge in [0.05, 0.1) is 12.7 Å². The first-order valence-corrected chi connectivity index (χ1v) is 5.03. The van der Waals surface area contributed by atoms with Gasteiger partial charge >= 0.3 is 11.9 Å². The third-order valence-corrected chi connectivity index (χ3v) is 2.26. The average Bonchev–Trinajstić information content (AvgIpc) is 2.28. The number of esters is 1. The second-order valence-electron chi connectivity index (χ2n) is 3.40. The minimum Gasteiger partial charge on any atom is -0.481 e. The highest BCUT2D eigenvalue weighted by molar-refractivity contribution is 5.90. The lowest BCUT2D eigenvalue weighted by atomic mass is 10.0. The van der Waals surface area contributed by atoms with Gasteiger partial charge in [-0.1, -0.05) is 18.2 Å². The molecule has 1 rings (SSSR count). The molecule has 0 atom stereocenters. The molecule has 0 saturated carbocycles. The molecule has 0 radical (unpaired) electrons. The molecular formula is C12H14O4. The molecule has 16 heavy (non-hydrogen) atoms. The van der Waals surface area contributed by atoms with E-state index in [0.29, 0.717) is 18.4 Å². The lowest BCUT2D eigenvalue weighted by Gasteiger charge is -2.06. The fourth-order valence-corrected chi connectivity index (χ4v) is 1.48. The van der Waals surface area contributed by atoms with Crippen molar-refractivity contribution in [1.29, 1.82) is 0 Å². The summed E-state index contributed by atoms with van der Waals surface area (Å²) in [5.41, 5.74) is 1.34. The number of methoxy groups -OCH3 is 1. The number of carboxylic acids is 1. The Balaban J connectivity index is 2.71. The van der Waals surface area contributed by atoms with Crippen molar-refractivity contribution in [3.63, 3.8) is 0 Å². The summed E-state index contributed by atoms with van der Waals surface area (Å²) in [5.74, 6) is -1.21. The maximum Gasteiger partial charge on any atom is 0.338 e. The van der Waals surface area contributed by atoms with Crippen LogP contribution in [0, 0.1) is 0 Å². The molecular weight excluding hydrogens is 208 g/mol. The van der Waals surface area contributed by atoms with Crippen LogP contribution in [0.4, 0.5) is 0 Å². The number of aliphatic carboxylic acids is 1. The number of ether oxygens (including phenoxy) is 1. The summed E-state index contributed by atoms with van der Waals surface area (Å²) in [6.07, 6.45) is 1.19. The fraction of sp³-hybridized carbons (Fsp3) is 0.333. The molecule has 1 aromatic carbocycles. The first-order chi connectivity index (χ1) is 7.65. The third-order valence-electron chi connectivity index (χ3n) is 2.26. The highest BCUT2D eigenvalue weighted by Crippen LogP contribution is 2.13. The Bertz CT molecular complexity index is 384. The van der Waals surface area contributed by atoms with E-state index in [-0.39, 0.29) is 12.4 Å². The van der Waals surface area contributed by atoms with Crippen LogP contribution in [-0.2, 0) is 16.0 Å². The number of aryl methyl sites for hydroxylation is 1. The van der Waals surface area contributed by atoms with Gasteiger partial charge in [0.2, 0.25) is 0 Å². The zero-order valence-electron chi connectivity index (χ0n) is 9.10. The van der Waals surface area contributed by atoms with Crippen LogP contribution < -0.4 is 0 Å². The molecule has 0 aliphatic carbocycles. The van der Waals surface area contributed by atoms with Crippen LogP contribution in [0.5, 0.6) is 0 Å². The van der Waals surface area contributed by atoms with E-state index in [4.69, 9.17) is 5.11 Å². The molecule has 0 heterocycles. The Morgan fingerprint density at radius 1 is 1.31 bits per heavy atom. The van der Waals surface area contributed by atoms with Crippen LogP contribution in [0.15, 0.2) is 24.3 Å². The van der Waals surface area contributed by atoms with Crippen molar-refractivity contribution in [1.82, 2.24) is 0 Å². The first-order valence-electron chi connectivity index (χ1n) is 5.03. The molecule has 0 amide bonds. The van der Waals surface area contributed by atoms with Crippen molar-refractivity contribution in [2.45, 2.75) is 19.3 Å². The van der Waals surface area contributed by atoms with Crippen LogP contribution in [-0.4, -0.2) is 24.2 Å². The summed E-state index contributed by atoms with van der Waals surface area (Å²) in [7, 11) is 1.33. The number of rotatable bonds is 5. The standard InChI is InChI=1S/C12H14O4/c1-16-12(15)10-7-3-2-5-9(10)6-4-8-11(13)14/h2-3,5,7H,4,6,8H2,1H3,(H,13,14). The highest BCUT2D eigenvalue weighted by atomic mass is 16.5. The van der Waals surface area contributed by atoms with Crippen LogP contribution >= 0.6 is 0 Å². The van der Waals surface area contributed by atoms with E-state index < -0.39 is 5.97 Å². The molecule has 1 aromatic rings. The molecule has 4 nitrogen and oxygen atoms in total. The monoisotopic (exact) mass is 222 g/mol. The van der Waals surface area contributed by atoms with Crippen molar-refractivity contribution in [2.24, 2.45) is 0 Å². The summed E-state index contributed by atoms with van der Waals surface area (Å²) in [4.78, 5) is 21.8. The van der Waals surface area contributed by atoms with Gasteiger partial charge in [0.1, 0.15) is 0 Å². The summed E-state index contributed by atoms with van der Waals surface area (Å²) < 4.78 is 4.65. The van der Waals surface area contributed by atoms with Gasteiger partial charge in [-0.25, -0.2) is 4.79 Å². The van der Waals surface area contributed by atoms with Crippen LogP contribution in [0.3, 0.4) is 0 Å². The van der Waals surface area contributed by atoms with Crippen molar-refractivity contribution < 1.29 is 19.4 Å². The number of hydrogen-bond acceptors (Lipinski definition) is 3. The second-order valence-corrected chi connectivity index (χ2v) is 3.40. The van der Waals surface area contributed by atoms with Gasteiger partial charge < -0.3 is 9.84 Å². The van der Waals surface area contributed by atoms with Gasteiger partial charge in [-0.05, 0) is 24.5 Å². The molecule has 0 aliphatic heterocycles. The van der Waals surface area contributed by atoms with Crippen LogP contribution in [0.1, 0.15) is 28.8 Å². The minimum atomic E-state index is -0.824. The molecule has 1 N–H and O–H groups in total. The van der Waals surface area contributed by atoms with Crippen LogP contribution in [0.25, 0.3) is 0 Å². The smallest absolute Gasteiger partial charge is 0.338 e. The van der Waals surface area contributed by atoms with E-state index in [1.54, 1.807) is 12.1 Å². The Kier molecular flexibility index (Phi) is 4.51. The molecule has 0 bridgehead atoms. The van der Waals surface area contributed by atoms with E-state index in [1.807, 2.05) is 12.1 Å². The van der Waals surface area contributed by atoms with Gasteiger partial charge in [0, 0.05) is 6.42 Å². The van der Waals surface area contributed by atoms with Crippen molar-refractivity contribution >= 4 is 11.9 Å². The fourth-order valence-electron chi connectivity index (χ4n) is 1.48. The maximum atomic E-state index is 11.4. The largest absolute Gasteiger partial charge is 0.481 e. The van der Waals surface area contributed by atoms with E-state index >= 15 is 0 Å². The molecule has 0 saturated heterocycles. The number of carboxylic acid groups (broad SMARTS) is 1. The summed E-state index contributed by atoms with van der Waals surface area (Å²) in [6, 6.07) is 7.07. The van der Waals surface area contributed by atoms with E-state index in [9.17, 15) is 9.59 Å². The summed E-state index contributed by atoms with van der Waals surface area (Å²) in [6.45, 7) is 0. The number of hydrogen-bond donors (Lipinski definition) is 1. The molecule has 4 heteroatoms. The zero-order chi connectivity index (χ0) is 12.0. The van der Waals surface area contributed by atoms with Gasteiger partial charge in [0.25, 0.3) is 0 Å². The average molecular weight is 222 g/mol. The number of carbonyl (C=O) groups is 2. The van der Waals surface area contributed by atoms with E-state index in [2.05, 4.69) is 4.74 Å². The van der Waals surface area contributed by atoms with Crippen molar-refractivity contribution in [3.8, 4) is 0 Å². The number of carbonyl (C=O) groups excluding carboxylic acids is 1. The van der Waals surface area contributed by atoms with Crippen LogP contribution in [0.2, 0.25) is 0 Å². The zero-order valence-corrected chi connectivity index (χ0v) is 9.10. The summed E-state index contributed by atoms with van der Waals surface area (Å²) >= 11 is 0. The second kappa shape index (κ2) is 5.90. The van der Waals surface area contributed by atoms with Gasteiger partial charge in [0.15, 0.2) is 0 Å². The molecule has 0 spiro atoms. The van der Waals surface area contributed by atoms with Crippen molar-refractivity contribution in [3.05, 3.63) is 35.4 Å². The summed E-state index contributed by atoms with van der Waals surface area (Å²) in [5, 5.41) is 8.52. The van der Waals surface area contributed by atoms with Gasteiger partial charge in [-0.15, -0.1) is 0 Å². The molecule has 86 valence electrons. The van der Waals surface area contributed by atoms with Gasteiger partial charge in [-0.2, -0.15) is 0 Å². The third kappa shape index (κ3) is 3.38. The predicted molar refractivity (Wildman–Crippen MR) is 58.4 cm³/mol. The molecule has 0 fully saturated rings. The first kappa shape index (κ1) is 12.2. The quantitative estimate of drug-likeness (QED) is 0.772. The molecule has 0 aromatic heterocycles. The Morgan fingerprint density at radius 3 is 2.62 bits per heavy atom. The topological polar surface area (TPSA) is 63.6 Å². The van der Waals surface area contributed by atoms with Gasteiger partial charge in [-0.3, -0.25) is 4.79 Å². The maximum absolute atomic E-state index is 11.4.